The Morgan fingerprint density at radius 1 is 1.30 bits per heavy atom. The largest absolute Gasteiger partial charge is 0.481 e. The number of furan rings is 1. The summed E-state index contributed by atoms with van der Waals surface area (Å²) in [6.07, 6.45) is 2.87. The summed E-state index contributed by atoms with van der Waals surface area (Å²) in [4.78, 5) is 25.0. The molecule has 0 aliphatic carbocycles. The highest BCUT2D eigenvalue weighted by Crippen LogP contribution is 2.38. The van der Waals surface area contributed by atoms with E-state index in [1.807, 2.05) is 24.3 Å². The number of amides is 1. The van der Waals surface area contributed by atoms with E-state index in [1.165, 1.54) is 12.5 Å². The number of rotatable bonds is 3. The van der Waals surface area contributed by atoms with Crippen LogP contribution in [0.2, 0.25) is 0 Å². The fourth-order valence-electron chi connectivity index (χ4n) is 2.62. The van der Waals surface area contributed by atoms with Gasteiger partial charge in [0.25, 0.3) is 5.91 Å². The average Bonchev–Trinajstić information content (AvgIpc) is 3.06. The molecule has 0 fully saturated rings. The van der Waals surface area contributed by atoms with E-state index in [4.69, 9.17) is 9.52 Å². The van der Waals surface area contributed by atoms with E-state index in [1.54, 1.807) is 11.0 Å². The number of hydrogen-bond donors (Lipinski definition) is 1. The summed E-state index contributed by atoms with van der Waals surface area (Å²) in [5, 5.41) is 8.99. The second-order valence-electron chi connectivity index (χ2n) is 4.78. The SMILES string of the molecule is O=C(O)CC1CN(C(=O)c2ccoc2)c2ccccc21. The van der Waals surface area contributed by atoms with Gasteiger partial charge >= 0.3 is 5.97 Å². The lowest BCUT2D eigenvalue weighted by molar-refractivity contribution is -0.137. The monoisotopic (exact) mass is 271 g/mol. The maximum absolute atomic E-state index is 12.4. The Labute approximate surface area is 115 Å². The van der Waals surface area contributed by atoms with Gasteiger partial charge in [0, 0.05) is 18.2 Å². The molecule has 1 unspecified atom stereocenters. The van der Waals surface area contributed by atoms with Gasteiger partial charge in [0.1, 0.15) is 6.26 Å². The quantitative estimate of drug-likeness (QED) is 0.931. The van der Waals surface area contributed by atoms with Crippen molar-refractivity contribution >= 4 is 17.6 Å². The highest BCUT2D eigenvalue weighted by molar-refractivity contribution is 6.07. The van der Waals surface area contributed by atoms with Crippen molar-refractivity contribution in [2.24, 2.45) is 0 Å². The zero-order valence-corrected chi connectivity index (χ0v) is 10.7. The fraction of sp³-hybridized carbons (Fsp3) is 0.200. The summed E-state index contributed by atoms with van der Waals surface area (Å²) in [7, 11) is 0. The number of carbonyl (C=O) groups excluding carboxylic acids is 1. The van der Waals surface area contributed by atoms with Crippen molar-refractivity contribution in [1.82, 2.24) is 0 Å². The molecule has 5 heteroatoms. The molecule has 0 bridgehead atoms. The molecule has 20 heavy (non-hydrogen) atoms. The predicted octanol–water partition coefficient (Wildman–Crippen LogP) is 2.50. The number of carbonyl (C=O) groups is 2. The van der Waals surface area contributed by atoms with Crippen molar-refractivity contribution in [2.75, 3.05) is 11.4 Å². The van der Waals surface area contributed by atoms with Gasteiger partial charge in [-0.25, -0.2) is 0 Å². The van der Waals surface area contributed by atoms with E-state index < -0.39 is 5.97 Å². The highest BCUT2D eigenvalue weighted by atomic mass is 16.4. The molecule has 1 atom stereocenters. The van der Waals surface area contributed by atoms with Gasteiger partial charge in [-0.3, -0.25) is 9.59 Å². The Kier molecular flexibility index (Phi) is 3.02. The lowest BCUT2D eigenvalue weighted by Gasteiger charge is -2.16. The van der Waals surface area contributed by atoms with Gasteiger partial charge in [0.15, 0.2) is 0 Å². The second-order valence-corrected chi connectivity index (χ2v) is 4.78. The maximum Gasteiger partial charge on any atom is 0.304 e. The summed E-state index contributed by atoms with van der Waals surface area (Å²) >= 11 is 0. The highest BCUT2D eigenvalue weighted by Gasteiger charge is 2.33. The van der Waals surface area contributed by atoms with Crippen molar-refractivity contribution in [2.45, 2.75) is 12.3 Å². The van der Waals surface area contributed by atoms with Crippen LogP contribution in [0.5, 0.6) is 0 Å². The molecule has 1 aromatic heterocycles. The van der Waals surface area contributed by atoms with Crippen molar-refractivity contribution < 1.29 is 19.1 Å². The van der Waals surface area contributed by atoms with Gasteiger partial charge < -0.3 is 14.4 Å². The molecule has 3 rings (SSSR count). The van der Waals surface area contributed by atoms with Crippen LogP contribution >= 0.6 is 0 Å². The van der Waals surface area contributed by atoms with E-state index in [-0.39, 0.29) is 18.2 Å². The minimum atomic E-state index is -0.859. The molecule has 1 aliphatic rings. The van der Waals surface area contributed by atoms with Crippen LogP contribution in [0.15, 0.2) is 47.3 Å². The van der Waals surface area contributed by atoms with E-state index in [2.05, 4.69) is 0 Å². The smallest absolute Gasteiger partial charge is 0.304 e. The number of nitrogens with zero attached hydrogens (tertiary/aromatic N) is 1. The Morgan fingerprint density at radius 2 is 2.10 bits per heavy atom. The Bertz CT molecular complexity index is 648. The summed E-state index contributed by atoms with van der Waals surface area (Å²) in [6.45, 7) is 0.385. The molecule has 2 heterocycles. The van der Waals surface area contributed by atoms with Crippen LogP contribution in [0.3, 0.4) is 0 Å². The van der Waals surface area contributed by atoms with E-state index in [0.29, 0.717) is 12.1 Å². The lowest BCUT2D eigenvalue weighted by Crippen LogP contribution is -2.29. The molecule has 2 aromatic rings. The Morgan fingerprint density at radius 3 is 2.80 bits per heavy atom. The Hall–Kier alpha value is -2.56. The van der Waals surface area contributed by atoms with Crippen LogP contribution in [0.4, 0.5) is 5.69 Å². The number of anilines is 1. The normalized spacial score (nSPS) is 17.0. The molecule has 0 spiro atoms. The van der Waals surface area contributed by atoms with Crippen LogP contribution in [0.25, 0.3) is 0 Å². The van der Waals surface area contributed by atoms with Crippen LogP contribution in [0.1, 0.15) is 28.3 Å². The number of carboxylic acid groups (broad SMARTS) is 1. The van der Waals surface area contributed by atoms with Gasteiger partial charge in [-0.2, -0.15) is 0 Å². The minimum absolute atomic E-state index is 0.0200. The van der Waals surface area contributed by atoms with Gasteiger partial charge in [0.05, 0.1) is 18.2 Å². The van der Waals surface area contributed by atoms with Gasteiger partial charge in [0.2, 0.25) is 0 Å². The molecule has 1 N–H and O–H groups in total. The number of hydrogen-bond acceptors (Lipinski definition) is 3. The second kappa shape index (κ2) is 4.85. The zero-order chi connectivity index (χ0) is 14.1. The van der Waals surface area contributed by atoms with E-state index in [0.717, 1.165) is 11.3 Å². The summed E-state index contributed by atoms with van der Waals surface area (Å²) in [6, 6.07) is 9.04. The first-order chi connectivity index (χ1) is 9.66. The molecule has 0 saturated carbocycles. The zero-order valence-electron chi connectivity index (χ0n) is 10.7. The summed E-state index contributed by atoms with van der Waals surface area (Å²) in [5.74, 6) is -1.19. The topological polar surface area (TPSA) is 70.8 Å². The van der Waals surface area contributed by atoms with Crippen LogP contribution < -0.4 is 4.90 Å². The Balaban J connectivity index is 1.94. The van der Waals surface area contributed by atoms with Crippen molar-refractivity contribution in [3.05, 3.63) is 54.0 Å². The number of benzene rings is 1. The first-order valence-corrected chi connectivity index (χ1v) is 6.31. The van der Waals surface area contributed by atoms with Gasteiger partial charge in [-0.05, 0) is 17.7 Å². The fourth-order valence-corrected chi connectivity index (χ4v) is 2.62. The molecule has 1 amide bonds. The van der Waals surface area contributed by atoms with Crippen molar-refractivity contribution in [3.8, 4) is 0 Å². The molecular formula is C15H13NO4. The van der Waals surface area contributed by atoms with E-state index in [9.17, 15) is 9.59 Å². The predicted molar refractivity (Wildman–Crippen MR) is 71.8 cm³/mol. The average molecular weight is 271 g/mol. The summed E-state index contributed by atoms with van der Waals surface area (Å²) < 4.78 is 4.93. The molecule has 0 radical (unpaired) electrons. The number of aliphatic carboxylic acids is 1. The first-order valence-electron chi connectivity index (χ1n) is 6.31. The molecular weight excluding hydrogens is 258 g/mol. The molecule has 102 valence electrons. The molecule has 0 saturated heterocycles. The summed E-state index contributed by atoms with van der Waals surface area (Å²) in [5.41, 5.74) is 2.16. The van der Waals surface area contributed by atoms with Crippen molar-refractivity contribution in [1.29, 1.82) is 0 Å². The minimum Gasteiger partial charge on any atom is -0.481 e. The lowest BCUT2D eigenvalue weighted by atomic mass is 9.98. The van der Waals surface area contributed by atoms with Gasteiger partial charge in [-0.1, -0.05) is 18.2 Å². The van der Waals surface area contributed by atoms with Crippen LogP contribution in [-0.2, 0) is 4.79 Å². The van der Waals surface area contributed by atoms with Crippen LogP contribution in [-0.4, -0.2) is 23.5 Å². The molecule has 1 aromatic carbocycles. The third-order valence-corrected chi connectivity index (χ3v) is 3.50. The first kappa shape index (κ1) is 12.5. The van der Waals surface area contributed by atoms with Crippen molar-refractivity contribution in [3.63, 3.8) is 0 Å². The number of para-hydroxylation sites is 1. The standard InChI is InChI=1S/C15H13NO4/c17-14(18)7-11-8-16(13-4-2-1-3-12(11)13)15(19)10-5-6-20-9-10/h1-6,9,11H,7-8H2,(H,17,18). The van der Waals surface area contributed by atoms with E-state index >= 15 is 0 Å². The number of carboxylic acids is 1. The third-order valence-electron chi connectivity index (χ3n) is 3.50. The maximum atomic E-state index is 12.4. The van der Waals surface area contributed by atoms with Crippen LogP contribution in [0, 0.1) is 0 Å². The molecule has 1 aliphatic heterocycles. The third kappa shape index (κ3) is 2.07. The molecule has 5 nitrogen and oxygen atoms in total. The number of fused-ring (bicyclic) bond motifs is 1. The van der Waals surface area contributed by atoms with Gasteiger partial charge in [-0.15, -0.1) is 0 Å².